The number of aryl methyl sites for hydroxylation is 2. The highest BCUT2D eigenvalue weighted by Gasteiger charge is 2.26. The molecule has 1 fully saturated rings. The predicted octanol–water partition coefficient (Wildman–Crippen LogP) is 1.80. The molecule has 0 radical (unpaired) electrons. The minimum absolute atomic E-state index is 0.0197. The monoisotopic (exact) mass is 366 g/mol. The van der Waals surface area contributed by atoms with E-state index < -0.39 is 0 Å². The molecule has 0 spiro atoms. The molecule has 2 aromatic heterocycles. The smallest absolute Gasteiger partial charge is 0.266 e. The van der Waals surface area contributed by atoms with Crippen molar-refractivity contribution in [1.82, 2.24) is 19.5 Å². The van der Waals surface area contributed by atoms with E-state index in [1.165, 1.54) is 11.6 Å². The number of H-pyrrole nitrogens is 1. The molecular formula is C20H22N4O3. The first kappa shape index (κ1) is 17.5. The maximum atomic E-state index is 13.0. The SMILES string of the molecule is Cc1c(C(=O)N2CCOC(CCc3ccccc3)C2)cnc2cc(=O)[nH]n12. The van der Waals surface area contributed by atoms with E-state index in [2.05, 4.69) is 22.2 Å². The van der Waals surface area contributed by atoms with E-state index in [0.717, 1.165) is 12.8 Å². The Morgan fingerprint density at radius 1 is 1.33 bits per heavy atom. The number of ether oxygens (including phenoxy) is 1. The summed E-state index contributed by atoms with van der Waals surface area (Å²) in [4.78, 5) is 30.6. The molecule has 1 atom stereocenters. The lowest BCUT2D eigenvalue weighted by Crippen LogP contribution is -2.46. The Morgan fingerprint density at radius 2 is 2.15 bits per heavy atom. The third-order valence-electron chi connectivity index (χ3n) is 5.02. The summed E-state index contributed by atoms with van der Waals surface area (Å²) >= 11 is 0. The number of carbonyl (C=O) groups excluding carboxylic acids is 1. The molecule has 1 amide bonds. The summed E-state index contributed by atoms with van der Waals surface area (Å²) in [6, 6.07) is 11.7. The Morgan fingerprint density at radius 3 is 2.96 bits per heavy atom. The fourth-order valence-electron chi connectivity index (χ4n) is 3.51. The van der Waals surface area contributed by atoms with Gasteiger partial charge in [0, 0.05) is 25.4 Å². The zero-order valence-electron chi connectivity index (χ0n) is 15.2. The maximum Gasteiger partial charge on any atom is 0.266 e. The second-order valence-corrected chi connectivity index (χ2v) is 6.84. The zero-order valence-corrected chi connectivity index (χ0v) is 15.2. The van der Waals surface area contributed by atoms with Crippen molar-refractivity contribution in [3.05, 3.63) is 69.8 Å². The molecule has 0 aliphatic carbocycles. The summed E-state index contributed by atoms with van der Waals surface area (Å²) in [5, 5.41) is 2.68. The van der Waals surface area contributed by atoms with Gasteiger partial charge >= 0.3 is 0 Å². The van der Waals surface area contributed by atoms with Gasteiger partial charge in [-0.05, 0) is 25.3 Å². The number of nitrogens with zero attached hydrogens (tertiary/aromatic N) is 3. The minimum atomic E-state index is -0.234. The van der Waals surface area contributed by atoms with Gasteiger partial charge in [-0.1, -0.05) is 30.3 Å². The molecule has 3 heterocycles. The molecule has 3 aromatic rings. The molecule has 7 heteroatoms. The van der Waals surface area contributed by atoms with Crippen molar-refractivity contribution in [2.24, 2.45) is 0 Å². The number of amides is 1. The van der Waals surface area contributed by atoms with Gasteiger partial charge in [-0.2, -0.15) is 0 Å². The van der Waals surface area contributed by atoms with Crippen molar-refractivity contribution in [2.45, 2.75) is 25.9 Å². The lowest BCUT2D eigenvalue weighted by molar-refractivity contribution is -0.0246. The van der Waals surface area contributed by atoms with Crippen LogP contribution in [0.25, 0.3) is 5.65 Å². The van der Waals surface area contributed by atoms with Crippen molar-refractivity contribution < 1.29 is 9.53 Å². The highest BCUT2D eigenvalue weighted by atomic mass is 16.5. The molecule has 0 bridgehead atoms. The molecule has 7 nitrogen and oxygen atoms in total. The summed E-state index contributed by atoms with van der Waals surface area (Å²) in [6.07, 6.45) is 3.36. The van der Waals surface area contributed by atoms with Gasteiger partial charge in [-0.3, -0.25) is 14.7 Å². The molecule has 140 valence electrons. The molecule has 1 aliphatic heterocycles. The number of benzene rings is 1. The Hall–Kier alpha value is -2.93. The fourth-order valence-corrected chi connectivity index (χ4v) is 3.51. The van der Waals surface area contributed by atoms with Crippen LogP contribution in [0.3, 0.4) is 0 Å². The third kappa shape index (κ3) is 3.64. The van der Waals surface area contributed by atoms with E-state index in [0.29, 0.717) is 36.6 Å². The van der Waals surface area contributed by atoms with Crippen LogP contribution >= 0.6 is 0 Å². The third-order valence-corrected chi connectivity index (χ3v) is 5.02. The number of hydrogen-bond donors (Lipinski definition) is 1. The maximum absolute atomic E-state index is 13.0. The van der Waals surface area contributed by atoms with Crippen LogP contribution in [0.5, 0.6) is 0 Å². The molecule has 0 saturated carbocycles. The van der Waals surface area contributed by atoms with Gasteiger partial charge in [0.15, 0.2) is 5.65 Å². The molecule has 1 aliphatic rings. The Kier molecular flexibility index (Phi) is 4.77. The van der Waals surface area contributed by atoms with Crippen LogP contribution in [0.2, 0.25) is 0 Å². The van der Waals surface area contributed by atoms with Crippen LogP contribution in [0.1, 0.15) is 28.0 Å². The van der Waals surface area contributed by atoms with Gasteiger partial charge in [0.1, 0.15) is 0 Å². The first-order valence-corrected chi connectivity index (χ1v) is 9.14. The average Bonchev–Trinajstić information content (AvgIpc) is 3.09. The standard InChI is InChI=1S/C20H22N4O3/c1-14-17(12-21-18-11-19(25)22-24(14)18)20(26)23-9-10-27-16(13-23)8-7-15-5-3-2-4-6-15/h2-6,11-12,16H,7-10,13H2,1H3,(H,22,25). The van der Waals surface area contributed by atoms with Gasteiger partial charge in [0.2, 0.25) is 0 Å². The van der Waals surface area contributed by atoms with Crippen LogP contribution in [0, 0.1) is 6.92 Å². The van der Waals surface area contributed by atoms with Crippen molar-refractivity contribution in [2.75, 3.05) is 19.7 Å². The molecule has 1 N–H and O–H groups in total. The van der Waals surface area contributed by atoms with E-state index in [9.17, 15) is 9.59 Å². The van der Waals surface area contributed by atoms with Crippen molar-refractivity contribution in [3.63, 3.8) is 0 Å². The van der Waals surface area contributed by atoms with Gasteiger partial charge in [-0.15, -0.1) is 0 Å². The number of aromatic amines is 1. The van der Waals surface area contributed by atoms with Crippen LogP contribution in [-0.4, -0.2) is 51.2 Å². The van der Waals surface area contributed by atoms with E-state index in [1.54, 1.807) is 10.7 Å². The van der Waals surface area contributed by atoms with Crippen LogP contribution < -0.4 is 5.56 Å². The number of morpholine rings is 1. The summed E-state index contributed by atoms with van der Waals surface area (Å²) in [7, 11) is 0. The predicted molar refractivity (Wildman–Crippen MR) is 101 cm³/mol. The summed E-state index contributed by atoms with van der Waals surface area (Å²) in [5.41, 5.74) is 2.73. The number of fused-ring (bicyclic) bond motifs is 1. The molecule has 27 heavy (non-hydrogen) atoms. The summed E-state index contributed by atoms with van der Waals surface area (Å²) in [6.45, 7) is 3.46. The first-order valence-electron chi connectivity index (χ1n) is 9.14. The number of aromatic nitrogens is 3. The Balaban J connectivity index is 1.47. The van der Waals surface area contributed by atoms with Gasteiger partial charge < -0.3 is 9.64 Å². The number of hydrogen-bond acceptors (Lipinski definition) is 4. The van der Waals surface area contributed by atoms with E-state index >= 15 is 0 Å². The van der Waals surface area contributed by atoms with Crippen molar-refractivity contribution >= 4 is 11.6 Å². The van der Waals surface area contributed by atoms with Crippen LogP contribution in [-0.2, 0) is 11.2 Å². The zero-order chi connectivity index (χ0) is 18.8. The van der Waals surface area contributed by atoms with Crippen molar-refractivity contribution in [1.29, 1.82) is 0 Å². The minimum Gasteiger partial charge on any atom is -0.375 e. The van der Waals surface area contributed by atoms with Gasteiger partial charge in [0.25, 0.3) is 11.5 Å². The number of rotatable bonds is 4. The number of carbonyl (C=O) groups is 1. The van der Waals surface area contributed by atoms with E-state index in [1.807, 2.05) is 30.0 Å². The quantitative estimate of drug-likeness (QED) is 0.764. The van der Waals surface area contributed by atoms with Crippen LogP contribution in [0.15, 0.2) is 47.4 Å². The lowest BCUT2D eigenvalue weighted by Gasteiger charge is -2.33. The molecule has 1 saturated heterocycles. The highest BCUT2D eigenvalue weighted by molar-refractivity contribution is 5.95. The van der Waals surface area contributed by atoms with Gasteiger partial charge in [0.05, 0.1) is 24.0 Å². The molecule has 1 unspecified atom stereocenters. The average molecular weight is 366 g/mol. The van der Waals surface area contributed by atoms with Crippen molar-refractivity contribution in [3.8, 4) is 0 Å². The fraction of sp³-hybridized carbons (Fsp3) is 0.350. The normalized spacial score (nSPS) is 17.4. The number of nitrogens with one attached hydrogen (secondary N) is 1. The topological polar surface area (TPSA) is 79.7 Å². The van der Waals surface area contributed by atoms with E-state index in [4.69, 9.17) is 4.74 Å². The second-order valence-electron chi connectivity index (χ2n) is 6.84. The first-order chi connectivity index (χ1) is 13.1. The summed E-state index contributed by atoms with van der Waals surface area (Å²) in [5.74, 6) is -0.0792. The molecular weight excluding hydrogens is 344 g/mol. The Labute approximate surface area is 156 Å². The van der Waals surface area contributed by atoms with Gasteiger partial charge in [-0.25, -0.2) is 9.50 Å². The Bertz CT molecular complexity index is 1010. The van der Waals surface area contributed by atoms with E-state index in [-0.39, 0.29) is 17.6 Å². The molecule has 1 aromatic carbocycles. The largest absolute Gasteiger partial charge is 0.375 e. The lowest BCUT2D eigenvalue weighted by atomic mass is 10.1. The highest BCUT2D eigenvalue weighted by Crippen LogP contribution is 2.17. The second kappa shape index (κ2) is 7.36. The van der Waals surface area contributed by atoms with Crippen LogP contribution in [0.4, 0.5) is 0 Å². The summed E-state index contributed by atoms with van der Waals surface area (Å²) < 4.78 is 7.42. The molecule has 4 rings (SSSR count).